The standard InChI is InChI=1S/C17H20O6/c1-16(14(18)19)8-4-6-10-9-5-3-7-11(23-2)12(9)17(22,13(10)16)15(20)21/h3,5,7,10,13,22H,4,6,8H2,1-2H3,(H,18,19)(H,20,21)/t10?,13-,16-,17+/m1/s1. The molecule has 0 spiro atoms. The molecule has 0 aliphatic heterocycles. The average molecular weight is 320 g/mol. The highest BCUT2D eigenvalue weighted by molar-refractivity contribution is 5.86. The van der Waals surface area contributed by atoms with E-state index in [2.05, 4.69) is 0 Å². The number of benzene rings is 1. The number of hydrogen-bond acceptors (Lipinski definition) is 4. The molecule has 0 amide bonds. The van der Waals surface area contributed by atoms with Gasteiger partial charge in [0.15, 0.2) is 5.60 Å². The number of ether oxygens (including phenoxy) is 1. The lowest BCUT2D eigenvalue weighted by atomic mass is 9.59. The monoisotopic (exact) mass is 320 g/mol. The predicted octanol–water partition coefficient (Wildman–Crippen LogP) is 1.96. The molecule has 0 radical (unpaired) electrons. The van der Waals surface area contributed by atoms with Gasteiger partial charge in [-0.15, -0.1) is 0 Å². The van der Waals surface area contributed by atoms with E-state index in [-0.39, 0.29) is 17.2 Å². The summed E-state index contributed by atoms with van der Waals surface area (Å²) >= 11 is 0. The van der Waals surface area contributed by atoms with Crippen LogP contribution in [-0.4, -0.2) is 34.4 Å². The van der Waals surface area contributed by atoms with Crippen LogP contribution in [0.5, 0.6) is 5.75 Å². The summed E-state index contributed by atoms with van der Waals surface area (Å²) in [5, 5.41) is 30.7. The number of aliphatic hydroxyl groups is 1. The van der Waals surface area contributed by atoms with Gasteiger partial charge in [0.2, 0.25) is 0 Å². The van der Waals surface area contributed by atoms with E-state index >= 15 is 0 Å². The van der Waals surface area contributed by atoms with Crippen molar-refractivity contribution in [2.75, 3.05) is 7.11 Å². The summed E-state index contributed by atoms with van der Waals surface area (Å²) in [4.78, 5) is 23.9. The first kappa shape index (κ1) is 15.8. The Morgan fingerprint density at radius 2 is 1.96 bits per heavy atom. The fourth-order valence-corrected chi connectivity index (χ4v) is 4.61. The largest absolute Gasteiger partial charge is 0.496 e. The van der Waals surface area contributed by atoms with Gasteiger partial charge in [-0.2, -0.15) is 0 Å². The first-order valence-electron chi connectivity index (χ1n) is 7.65. The molecule has 23 heavy (non-hydrogen) atoms. The lowest BCUT2D eigenvalue weighted by Crippen LogP contribution is -2.53. The molecular weight excluding hydrogens is 300 g/mol. The molecule has 1 aromatic rings. The third kappa shape index (κ3) is 1.84. The van der Waals surface area contributed by atoms with Gasteiger partial charge in [-0.05, 0) is 37.3 Å². The normalized spacial score (nSPS) is 35.3. The Bertz CT molecular complexity index is 684. The fourth-order valence-electron chi connectivity index (χ4n) is 4.61. The fraction of sp³-hybridized carbons (Fsp3) is 0.529. The highest BCUT2D eigenvalue weighted by atomic mass is 16.5. The quantitative estimate of drug-likeness (QED) is 0.786. The molecule has 0 bridgehead atoms. The Morgan fingerprint density at radius 3 is 2.52 bits per heavy atom. The molecule has 0 aromatic heterocycles. The van der Waals surface area contributed by atoms with E-state index in [1.165, 1.54) is 7.11 Å². The van der Waals surface area contributed by atoms with E-state index in [9.17, 15) is 24.9 Å². The maximum atomic E-state index is 12.0. The van der Waals surface area contributed by atoms with E-state index in [4.69, 9.17) is 4.74 Å². The minimum absolute atomic E-state index is 0.208. The molecule has 4 atom stereocenters. The third-order valence-electron chi connectivity index (χ3n) is 5.62. The van der Waals surface area contributed by atoms with Crippen molar-refractivity contribution in [1.82, 2.24) is 0 Å². The van der Waals surface area contributed by atoms with Crippen molar-refractivity contribution in [1.29, 1.82) is 0 Å². The molecule has 3 N–H and O–H groups in total. The molecule has 6 nitrogen and oxygen atoms in total. The smallest absolute Gasteiger partial charge is 0.340 e. The van der Waals surface area contributed by atoms with Crippen molar-refractivity contribution < 1.29 is 29.6 Å². The van der Waals surface area contributed by atoms with Crippen LogP contribution in [0.3, 0.4) is 0 Å². The number of carbonyl (C=O) groups is 2. The zero-order valence-electron chi connectivity index (χ0n) is 13.1. The molecule has 124 valence electrons. The summed E-state index contributed by atoms with van der Waals surface area (Å²) in [5.74, 6) is -3.44. The minimum atomic E-state index is -2.26. The molecule has 0 heterocycles. The van der Waals surface area contributed by atoms with Gasteiger partial charge < -0.3 is 20.1 Å². The highest BCUT2D eigenvalue weighted by Gasteiger charge is 2.66. The van der Waals surface area contributed by atoms with Crippen LogP contribution in [0.2, 0.25) is 0 Å². The van der Waals surface area contributed by atoms with Crippen LogP contribution in [0.1, 0.15) is 43.2 Å². The molecular formula is C17H20O6. The molecule has 1 saturated carbocycles. The van der Waals surface area contributed by atoms with E-state index in [1.54, 1.807) is 25.1 Å². The van der Waals surface area contributed by atoms with Gasteiger partial charge in [-0.1, -0.05) is 18.6 Å². The van der Waals surface area contributed by atoms with Gasteiger partial charge in [0.05, 0.1) is 12.5 Å². The van der Waals surface area contributed by atoms with Gasteiger partial charge in [0.1, 0.15) is 5.75 Å². The van der Waals surface area contributed by atoms with Crippen molar-refractivity contribution >= 4 is 11.9 Å². The van der Waals surface area contributed by atoms with Crippen LogP contribution in [0.25, 0.3) is 0 Å². The van der Waals surface area contributed by atoms with Crippen LogP contribution >= 0.6 is 0 Å². The van der Waals surface area contributed by atoms with Gasteiger partial charge in [-0.25, -0.2) is 4.79 Å². The van der Waals surface area contributed by atoms with Gasteiger partial charge in [0.25, 0.3) is 0 Å². The van der Waals surface area contributed by atoms with Gasteiger partial charge >= 0.3 is 11.9 Å². The molecule has 2 aliphatic rings. The number of fused-ring (bicyclic) bond motifs is 3. The zero-order chi connectivity index (χ0) is 17.0. The number of carboxylic acids is 2. The van der Waals surface area contributed by atoms with Crippen LogP contribution in [0, 0.1) is 11.3 Å². The summed E-state index contributed by atoms with van der Waals surface area (Å²) in [6.07, 6.45) is 1.68. The Labute approximate surface area is 133 Å². The number of methoxy groups -OCH3 is 1. The van der Waals surface area contributed by atoms with Crippen LogP contribution in [0.4, 0.5) is 0 Å². The molecule has 1 fully saturated rings. The van der Waals surface area contributed by atoms with Crippen molar-refractivity contribution in [3.8, 4) is 5.75 Å². The number of rotatable bonds is 3. The van der Waals surface area contributed by atoms with Crippen molar-refractivity contribution in [2.45, 2.75) is 37.7 Å². The first-order chi connectivity index (χ1) is 10.8. The van der Waals surface area contributed by atoms with E-state index < -0.39 is 28.9 Å². The summed E-state index contributed by atoms with van der Waals surface area (Å²) in [5.41, 5.74) is -2.67. The minimum Gasteiger partial charge on any atom is -0.496 e. The summed E-state index contributed by atoms with van der Waals surface area (Å²) < 4.78 is 5.27. The summed E-state index contributed by atoms with van der Waals surface area (Å²) in [6.45, 7) is 1.54. The van der Waals surface area contributed by atoms with Crippen LogP contribution < -0.4 is 4.74 Å². The maximum Gasteiger partial charge on any atom is 0.340 e. The van der Waals surface area contributed by atoms with Crippen molar-refractivity contribution in [2.24, 2.45) is 11.3 Å². The van der Waals surface area contributed by atoms with Crippen LogP contribution in [-0.2, 0) is 15.2 Å². The van der Waals surface area contributed by atoms with E-state index in [0.717, 1.165) is 0 Å². The van der Waals surface area contributed by atoms with Gasteiger partial charge in [-0.3, -0.25) is 4.79 Å². The lowest BCUT2D eigenvalue weighted by molar-refractivity contribution is -0.184. The van der Waals surface area contributed by atoms with Crippen molar-refractivity contribution in [3.05, 3.63) is 29.3 Å². The average Bonchev–Trinajstić information content (AvgIpc) is 2.79. The van der Waals surface area contributed by atoms with E-state index in [1.807, 2.05) is 0 Å². The topological polar surface area (TPSA) is 104 Å². The lowest BCUT2D eigenvalue weighted by Gasteiger charge is -2.44. The molecule has 2 aliphatic carbocycles. The molecule has 1 unspecified atom stereocenters. The Balaban J connectivity index is 2.31. The molecule has 3 rings (SSSR count). The number of hydrogen-bond donors (Lipinski definition) is 3. The first-order valence-corrected chi connectivity index (χ1v) is 7.65. The number of aliphatic carboxylic acids is 2. The Hall–Kier alpha value is -2.08. The summed E-state index contributed by atoms with van der Waals surface area (Å²) in [6, 6.07) is 5.11. The van der Waals surface area contributed by atoms with E-state index in [0.29, 0.717) is 24.8 Å². The number of carboxylic acid groups (broad SMARTS) is 2. The Morgan fingerprint density at radius 1 is 1.26 bits per heavy atom. The molecule has 6 heteroatoms. The summed E-state index contributed by atoms with van der Waals surface area (Å²) in [7, 11) is 1.41. The second-order valence-electron chi connectivity index (χ2n) is 6.70. The highest BCUT2D eigenvalue weighted by Crippen LogP contribution is 2.63. The SMILES string of the molecule is COc1cccc2c1[C@@](O)(C(=O)O)[C@@H]1C2CCC[C@@]1(C)C(=O)O. The molecule has 0 saturated heterocycles. The second-order valence-corrected chi connectivity index (χ2v) is 6.70. The molecule has 1 aromatic carbocycles. The second kappa shape index (κ2) is 4.96. The van der Waals surface area contributed by atoms with Crippen molar-refractivity contribution in [3.63, 3.8) is 0 Å². The Kier molecular flexibility index (Phi) is 3.41. The van der Waals surface area contributed by atoms with Crippen LogP contribution in [0.15, 0.2) is 18.2 Å². The maximum absolute atomic E-state index is 12.0. The predicted molar refractivity (Wildman–Crippen MR) is 80.4 cm³/mol. The van der Waals surface area contributed by atoms with Gasteiger partial charge in [0, 0.05) is 11.5 Å². The third-order valence-corrected chi connectivity index (χ3v) is 5.62. The zero-order valence-corrected chi connectivity index (χ0v) is 13.1.